The molecule has 1 aliphatic carbocycles. The molecule has 21 heavy (non-hydrogen) atoms. The van der Waals surface area contributed by atoms with E-state index >= 15 is 0 Å². The van der Waals surface area contributed by atoms with Gasteiger partial charge in [0.15, 0.2) is 0 Å². The number of hydrogen-bond acceptors (Lipinski definition) is 3. The van der Waals surface area contributed by atoms with Gasteiger partial charge >= 0.3 is 5.97 Å². The highest BCUT2D eigenvalue weighted by atomic mass is 16.4. The van der Waals surface area contributed by atoms with Crippen LogP contribution in [0, 0.1) is 0 Å². The Bertz CT molecular complexity index is 584. The van der Waals surface area contributed by atoms with Gasteiger partial charge in [0.05, 0.1) is 12.5 Å². The number of carbonyl (C=O) groups excluding carboxylic acids is 1. The number of aliphatic carboxylic acids is 1. The van der Waals surface area contributed by atoms with Crippen molar-refractivity contribution in [3.05, 3.63) is 34.9 Å². The van der Waals surface area contributed by atoms with Gasteiger partial charge in [-0.05, 0) is 36.0 Å². The minimum Gasteiger partial charge on any atom is -0.480 e. The van der Waals surface area contributed by atoms with Crippen LogP contribution in [0.25, 0.3) is 0 Å². The molecule has 1 heterocycles. The van der Waals surface area contributed by atoms with E-state index in [1.54, 1.807) is 0 Å². The molecule has 112 valence electrons. The fraction of sp³-hybridized carbons (Fsp3) is 0.500. The van der Waals surface area contributed by atoms with Crippen LogP contribution in [0.5, 0.6) is 0 Å². The Morgan fingerprint density at radius 1 is 1.24 bits per heavy atom. The number of rotatable bonds is 3. The molecular weight excluding hydrogens is 270 g/mol. The lowest BCUT2D eigenvalue weighted by Crippen LogP contribution is -2.41. The standard InChI is InChI=1S/C16H19NO4/c18-13-8-14(16(20)21)17(9-13)15(19)7-10-4-5-11-2-1-3-12(11)6-10/h4-6,13-14,18H,1-3,7-9H2,(H,20,21)/t13-,14-/m1/s1. The summed E-state index contributed by atoms with van der Waals surface area (Å²) in [5.74, 6) is -1.27. The zero-order chi connectivity index (χ0) is 15.0. The maximum atomic E-state index is 12.3. The number of benzene rings is 1. The normalized spacial score (nSPS) is 24.1. The Morgan fingerprint density at radius 3 is 2.76 bits per heavy atom. The van der Waals surface area contributed by atoms with Gasteiger partial charge in [-0.1, -0.05) is 18.2 Å². The number of hydrogen-bond donors (Lipinski definition) is 2. The van der Waals surface area contributed by atoms with Crippen molar-refractivity contribution in [1.29, 1.82) is 0 Å². The van der Waals surface area contributed by atoms with Gasteiger partial charge in [-0.15, -0.1) is 0 Å². The summed E-state index contributed by atoms with van der Waals surface area (Å²) >= 11 is 0. The largest absolute Gasteiger partial charge is 0.480 e. The van der Waals surface area contributed by atoms with Gasteiger partial charge in [0.25, 0.3) is 0 Å². The second-order valence-corrected chi connectivity index (χ2v) is 5.92. The molecule has 0 aromatic heterocycles. The van der Waals surface area contributed by atoms with Gasteiger partial charge in [-0.3, -0.25) is 4.79 Å². The molecule has 5 heteroatoms. The Morgan fingerprint density at radius 2 is 2.00 bits per heavy atom. The lowest BCUT2D eigenvalue weighted by molar-refractivity contribution is -0.148. The van der Waals surface area contributed by atoms with Crippen molar-refractivity contribution in [2.75, 3.05) is 6.54 Å². The van der Waals surface area contributed by atoms with Gasteiger partial charge in [0, 0.05) is 13.0 Å². The monoisotopic (exact) mass is 289 g/mol. The zero-order valence-corrected chi connectivity index (χ0v) is 11.8. The minimum atomic E-state index is -1.05. The number of likely N-dealkylation sites (tertiary alicyclic amines) is 1. The van der Waals surface area contributed by atoms with E-state index in [9.17, 15) is 14.7 Å². The first-order chi connectivity index (χ1) is 10.0. The van der Waals surface area contributed by atoms with Crippen molar-refractivity contribution in [3.8, 4) is 0 Å². The molecule has 1 aliphatic heterocycles. The fourth-order valence-corrected chi connectivity index (χ4v) is 3.33. The predicted molar refractivity (Wildman–Crippen MR) is 75.9 cm³/mol. The third-order valence-electron chi connectivity index (χ3n) is 4.40. The number of nitrogens with zero attached hydrogens (tertiary/aromatic N) is 1. The van der Waals surface area contributed by atoms with Gasteiger partial charge in [-0.2, -0.15) is 0 Å². The van der Waals surface area contributed by atoms with Crippen LogP contribution in [0.1, 0.15) is 29.5 Å². The minimum absolute atomic E-state index is 0.112. The Labute approximate surface area is 123 Å². The van der Waals surface area contributed by atoms with Crippen LogP contribution in [0.3, 0.4) is 0 Å². The molecular formula is C16H19NO4. The van der Waals surface area contributed by atoms with Crippen LogP contribution >= 0.6 is 0 Å². The summed E-state index contributed by atoms with van der Waals surface area (Å²) in [7, 11) is 0. The number of amides is 1. The van der Waals surface area contributed by atoms with E-state index in [0.717, 1.165) is 24.8 Å². The Balaban J connectivity index is 1.72. The van der Waals surface area contributed by atoms with E-state index in [0.29, 0.717) is 0 Å². The average Bonchev–Trinajstić information content (AvgIpc) is 3.04. The molecule has 1 aromatic carbocycles. The first-order valence-corrected chi connectivity index (χ1v) is 7.35. The molecule has 2 N–H and O–H groups in total. The molecule has 1 saturated heterocycles. The molecule has 2 atom stereocenters. The maximum absolute atomic E-state index is 12.3. The number of carboxylic acid groups (broad SMARTS) is 1. The van der Waals surface area contributed by atoms with Crippen LogP contribution in [-0.2, 0) is 28.9 Å². The number of fused-ring (bicyclic) bond motifs is 1. The summed E-state index contributed by atoms with van der Waals surface area (Å²) in [5, 5.41) is 18.7. The lowest BCUT2D eigenvalue weighted by atomic mass is 10.0. The molecule has 0 unspecified atom stereocenters. The van der Waals surface area contributed by atoms with Crippen molar-refractivity contribution < 1.29 is 19.8 Å². The summed E-state index contributed by atoms with van der Waals surface area (Å²) in [6.07, 6.45) is 2.89. The summed E-state index contributed by atoms with van der Waals surface area (Å²) in [4.78, 5) is 24.8. The number of aliphatic hydroxyl groups is 1. The quantitative estimate of drug-likeness (QED) is 0.861. The van der Waals surface area contributed by atoms with E-state index in [4.69, 9.17) is 5.11 Å². The summed E-state index contributed by atoms with van der Waals surface area (Å²) < 4.78 is 0. The molecule has 0 spiro atoms. The molecule has 1 aromatic rings. The van der Waals surface area contributed by atoms with Crippen LogP contribution in [0.4, 0.5) is 0 Å². The molecule has 5 nitrogen and oxygen atoms in total. The molecule has 0 bridgehead atoms. The van der Waals surface area contributed by atoms with Crippen molar-refractivity contribution in [1.82, 2.24) is 4.90 Å². The number of aliphatic hydroxyl groups excluding tert-OH is 1. The first kappa shape index (κ1) is 14.1. The summed E-state index contributed by atoms with van der Waals surface area (Å²) in [6, 6.07) is 5.17. The van der Waals surface area contributed by atoms with Gasteiger partial charge in [0.1, 0.15) is 6.04 Å². The van der Waals surface area contributed by atoms with E-state index < -0.39 is 18.1 Å². The fourth-order valence-electron chi connectivity index (χ4n) is 3.33. The molecule has 1 amide bonds. The predicted octanol–water partition coefficient (Wildman–Crippen LogP) is 0.764. The maximum Gasteiger partial charge on any atom is 0.326 e. The van der Waals surface area contributed by atoms with E-state index in [1.807, 2.05) is 6.07 Å². The summed E-state index contributed by atoms with van der Waals surface area (Å²) in [6.45, 7) is 0.112. The second kappa shape index (κ2) is 5.48. The van der Waals surface area contributed by atoms with Crippen LogP contribution in [0.15, 0.2) is 18.2 Å². The van der Waals surface area contributed by atoms with Gasteiger partial charge in [0.2, 0.25) is 5.91 Å². The van der Waals surface area contributed by atoms with E-state index in [1.165, 1.54) is 16.0 Å². The third kappa shape index (κ3) is 2.78. The third-order valence-corrected chi connectivity index (χ3v) is 4.40. The lowest BCUT2D eigenvalue weighted by Gasteiger charge is -2.21. The molecule has 0 saturated carbocycles. The SMILES string of the molecule is O=C(O)[C@H]1C[C@@H](O)CN1C(=O)Cc1ccc2c(c1)CCC2. The average molecular weight is 289 g/mol. The first-order valence-electron chi connectivity index (χ1n) is 7.35. The number of β-amino-alcohol motifs (C(OH)–C–C–N with tert-alkyl or cyclic N) is 1. The highest BCUT2D eigenvalue weighted by Gasteiger charge is 2.38. The van der Waals surface area contributed by atoms with Gasteiger partial charge < -0.3 is 15.1 Å². The van der Waals surface area contributed by atoms with Crippen LogP contribution < -0.4 is 0 Å². The van der Waals surface area contributed by atoms with Crippen molar-refractivity contribution >= 4 is 11.9 Å². The molecule has 3 rings (SSSR count). The smallest absolute Gasteiger partial charge is 0.326 e. The van der Waals surface area contributed by atoms with Crippen molar-refractivity contribution in [3.63, 3.8) is 0 Å². The van der Waals surface area contributed by atoms with E-state index in [2.05, 4.69) is 12.1 Å². The zero-order valence-electron chi connectivity index (χ0n) is 11.8. The summed E-state index contributed by atoms with van der Waals surface area (Å²) in [5.41, 5.74) is 3.58. The van der Waals surface area contributed by atoms with Crippen LogP contribution in [0.2, 0.25) is 0 Å². The Kier molecular flexibility index (Phi) is 3.68. The van der Waals surface area contributed by atoms with Crippen molar-refractivity contribution in [2.24, 2.45) is 0 Å². The van der Waals surface area contributed by atoms with Crippen LogP contribution in [-0.4, -0.2) is 45.7 Å². The topological polar surface area (TPSA) is 77.8 Å². The number of aryl methyl sites for hydroxylation is 2. The highest BCUT2D eigenvalue weighted by Crippen LogP contribution is 2.24. The molecule has 1 fully saturated rings. The number of carbonyl (C=O) groups is 2. The second-order valence-electron chi connectivity index (χ2n) is 5.92. The number of carboxylic acids is 1. The highest BCUT2D eigenvalue weighted by molar-refractivity contribution is 5.85. The molecule has 0 radical (unpaired) electrons. The molecule has 2 aliphatic rings. The van der Waals surface area contributed by atoms with E-state index in [-0.39, 0.29) is 25.3 Å². The van der Waals surface area contributed by atoms with Crippen molar-refractivity contribution in [2.45, 2.75) is 44.2 Å². The Hall–Kier alpha value is -1.88. The van der Waals surface area contributed by atoms with Gasteiger partial charge in [-0.25, -0.2) is 4.79 Å².